The lowest BCUT2D eigenvalue weighted by atomic mass is 10.1. The third kappa shape index (κ3) is 2.58. The molecule has 7 heteroatoms. The van der Waals surface area contributed by atoms with Crippen LogP contribution in [0.4, 0.5) is 4.39 Å². The van der Waals surface area contributed by atoms with E-state index in [0.29, 0.717) is 11.2 Å². The Bertz CT molecular complexity index is 869. The molecule has 0 amide bonds. The number of rotatable bonds is 4. The summed E-state index contributed by atoms with van der Waals surface area (Å²) in [5.74, 6) is -0.726. The van der Waals surface area contributed by atoms with Crippen LogP contribution in [0.5, 0.6) is 0 Å². The van der Waals surface area contributed by atoms with Crippen molar-refractivity contribution in [3.05, 3.63) is 64.7 Å². The monoisotopic (exact) mass is 286 g/mol. The van der Waals surface area contributed by atoms with Crippen molar-refractivity contribution < 1.29 is 9.18 Å². The summed E-state index contributed by atoms with van der Waals surface area (Å²) in [5.41, 5.74) is 0.247. The van der Waals surface area contributed by atoms with Gasteiger partial charge in [-0.15, -0.1) is 5.10 Å². The van der Waals surface area contributed by atoms with E-state index in [1.165, 1.54) is 29.1 Å². The molecule has 3 aromatic rings. The number of hydrogen-bond acceptors (Lipinski definition) is 4. The van der Waals surface area contributed by atoms with E-state index < -0.39 is 11.5 Å². The van der Waals surface area contributed by atoms with E-state index in [1.807, 2.05) is 0 Å². The van der Waals surface area contributed by atoms with Crippen LogP contribution >= 0.6 is 0 Å². The molecule has 6 nitrogen and oxygen atoms in total. The van der Waals surface area contributed by atoms with Crippen LogP contribution in [0.15, 0.2) is 47.7 Å². The molecule has 0 saturated carbocycles. The molecule has 2 aromatic heterocycles. The number of ketones is 1. The Morgan fingerprint density at radius 2 is 2.10 bits per heavy atom. The van der Waals surface area contributed by atoms with Crippen LogP contribution in [-0.2, 0) is 17.8 Å². The second-order valence-electron chi connectivity index (χ2n) is 4.55. The van der Waals surface area contributed by atoms with Gasteiger partial charge in [-0.25, -0.2) is 18.3 Å². The fourth-order valence-corrected chi connectivity index (χ4v) is 2.06. The first kappa shape index (κ1) is 13.2. The topological polar surface area (TPSA) is 69.3 Å². The predicted molar refractivity (Wildman–Crippen MR) is 72.4 cm³/mol. The van der Waals surface area contributed by atoms with Gasteiger partial charge in [0.2, 0.25) is 0 Å². The summed E-state index contributed by atoms with van der Waals surface area (Å²) in [7, 11) is 0. The summed E-state index contributed by atoms with van der Waals surface area (Å²) in [5, 5.41) is 4.01. The normalized spacial score (nSPS) is 10.9. The van der Waals surface area contributed by atoms with Crippen LogP contribution < -0.4 is 5.69 Å². The van der Waals surface area contributed by atoms with Gasteiger partial charge in [-0.2, -0.15) is 0 Å². The van der Waals surface area contributed by atoms with Gasteiger partial charge in [-0.05, 0) is 11.6 Å². The molecular weight excluding hydrogens is 275 g/mol. The molecule has 0 bridgehead atoms. The Morgan fingerprint density at radius 3 is 2.86 bits per heavy atom. The van der Waals surface area contributed by atoms with Crippen molar-refractivity contribution in [3.63, 3.8) is 0 Å². The smallest absolute Gasteiger partial charge is 0.297 e. The van der Waals surface area contributed by atoms with Gasteiger partial charge < -0.3 is 0 Å². The Labute approximate surface area is 118 Å². The Kier molecular flexibility index (Phi) is 3.31. The van der Waals surface area contributed by atoms with Gasteiger partial charge in [-0.1, -0.05) is 18.2 Å². The minimum Gasteiger partial charge on any atom is -0.297 e. The van der Waals surface area contributed by atoms with Gasteiger partial charge in [0.25, 0.3) is 0 Å². The quantitative estimate of drug-likeness (QED) is 0.712. The Balaban J connectivity index is 1.82. The van der Waals surface area contributed by atoms with Gasteiger partial charge in [-0.3, -0.25) is 9.78 Å². The molecule has 106 valence electrons. The summed E-state index contributed by atoms with van der Waals surface area (Å²) in [6.07, 6.45) is 4.29. The van der Waals surface area contributed by atoms with Crippen LogP contribution in [0.1, 0.15) is 5.56 Å². The highest BCUT2D eigenvalue weighted by Crippen LogP contribution is 2.07. The van der Waals surface area contributed by atoms with Crippen molar-refractivity contribution in [3.8, 4) is 0 Å². The van der Waals surface area contributed by atoms with E-state index in [0.717, 1.165) is 4.68 Å². The van der Waals surface area contributed by atoms with Crippen molar-refractivity contribution in [1.82, 2.24) is 19.2 Å². The molecule has 1 aromatic carbocycles. The average Bonchev–Trinajstić information content (AvgIpc) is 2.78. The SMILES string of the molecule is O=C(Cc1ccccc1F)Cn1nc2cnccn2c1=O. The third-order valence-corrected chi connectivity index (χ3v) is 3.06. The van der Waals surface area contributed by atoms with E-state index in [-0.39, 0.29) is 18.7 Å². The minimum absolute atomic E-state index is 0.0781. The zero-order chi connectivity index (χ0) is 14.8. The maximum Gasteiger partial charge on any atom is 0.350 e. The molecule has 2 heterocycles. The second kappa shape index (κ2) is 5.28. The summed E-state index contributed by atoms with van der Waals surface area (Å²) in [4.78, 5) is 27.8. The fourth-order valence-electron chi connectivity index (χ4n) is 2.06. The van der Waals surface area contributed by atoms with Crippen molar-refractivity contribution in [2.24, 2.45) is 0 Å². The first-order valence-corrected chi connectivity index (χ1v) is 6.29. The van der Waals surface area contributed by atoms with Crippen LogP contribution in [0.2, 0.25) is 0 Å². The summed E-state index contributed by atoms with van der Waals surface area (Å²) in [6.45, 7) is -0.200. The molecule has 3 rings (SSSR count). The number of benzene rings is 1. The lowest BCUT2D eigenvalue weighted by Crippen LogP contribution is -2.25. The highest BCUT2D eigenvalue weighted by atomic mass is 19.1. The minimum atomic E-state index is -0.433. The number of fused-ring (bicyclic) bond motifs is 1. The van der Waals surface area contributed by atoms with Crippen molar-refractivity contribution in [1.29, 1.82) is 0 Å². The second-order valence-corrected chi connectivity index (χ2v) is 4.55. The Hall–Kier alpha value is -2.83. The van der Waals surface area contributed by atoms with Gasteiger partial charge in [0.05, 0.1) is 6.20 Å². The maximum atomic E-state index is 13.5. The highest BCUT2D eigenvalue weighted by Gasteiger charge is 2.12. The van der Waals surface area contributed by atoms with Crippen LogP contribution in [-0.4, -0.2) is 24.9 Å². The molecule has 0 aliphatic carbocycles. The number of halogens is 1. The zero-order valence-electron chi connectivity index (χ0n) is 10.9. The van der Waals surface area contributed by atoms with E-state index in [4.69, 9.17) is 0 Å². The molecule has 0 N–H and O–H groups in total. The van der Waals surface area contributed by atoms with Crippen molar-refractivity contribution in [2.45, 2.75) is 13.0 Å². The predicted octanol–water partition coefficient (Wildman–Crippen LogP) is 0.842. The number of nitrogens with zero attached hydrogens (tertiary/aromatic N) is 4. The number of hydrogen-bond donors (Lipinski definition) is 0. The van der Waals surface area contributed by atoms with Gasteiger partial charge in [0, 0.05) is 18.8 Å². The summed E-state index contributed by atoms with van der Waals surface area (Å²) in [6, 6.07) is 6.06. The molecule has 0 radical (unpaired) electrons. The van der Waals surface area contributed by atoms with Gasteiger partial charge >= 0.3 is 5.69 Å². The van der Waals surface area contributed by atoms with E-state index >= 15 is 0 Å². The molecule has 0 unspecified atom stereocenters. The maximum absolute atomic E-state index is 13.5. The highest BCUT2D eigenvalue weighted by molar-refractivity contribution is 5.80. The average molecular weight is 286 g/mol. The van der Waals surface area contributed by atoms with E-state index in [1.54, 1.807) is 18.2 Å². The van der Waals surface area contributed by atoms with Crippen molar-refractivity contribution in [2.75, 3.05) is 0 Å². The Morgan fingerprint density at radius 1 is 1.29 bits per heavy atom. The standard InChI is InChI=1S/C14H11FN4O2/c15-12-4-2-1-3-10(12)7-11(20)9-19-14(21)18-6-5-16-8-13(18)17-19/h1-6,8H,7,9H2. The molecular formula is C14H11FN4O2. The van der Waals surface area contributed by atoms with Crippen molar-refractivity contribution >= 4 is 11.4 Å². The number of aromatic nitrogens is 4. The first-order valence-electron chi connectivity index (χ1n) is 6.29. The van der Waals surface area contributed by atoms with Crippen LogP contribution in [0, 0.1) is 5.82 Å². The fraction of sp³-hybridized carbons (Fsp3) is 0.143. The first-order chi connectivity index (χ1) is 10.1. The van der Waals surface area contributed by atoms with E-state index in [9.17, 15) is 14.0 Å². The lowest BCUT2D eigenvalue weighted by molar-refractivity contribution is -0.119. The summed E-state index contributed by atoms with van der Waals surface area (Å²) >= 11 is 0. The summed E-state index contributed by atoms with van der Waals surface area (Å²) < 4.78 is 15.8. The third-order valence-electron chi connectivity index (χ3n) is 3.06. The molecule has 0 fully saturated rings. The number of Topliss-reactive ketones (excluding diaryl/α,β-unsaturated/α-hetero) is 1. The molecule has 21 heavy (non-hydrogen) atoms. The van der Waals surface area contributed by atoms with E-state index in [2.05, 4.69) is 10.1 Å². The van der Waals surface area contributed by atoms with Crippen LogP contribution in [0.25, 0.3) is 5.65 Å². The molecule has 0 saturated heterocycles. The van der Waals surface area contributed by atoms with Gasteiger partial charge in [0.15, 0.2) is 11.4 Å². The molecule has 0 aliphatic heterocycles. The van der Waals surface area contributed by atoms with Crippen LogP contribution in [0.3, 0.4) is 0 Å². The largest absolute Gasteiger partial charge is 0.350 e. The van der Waals surface area contributed by atoms with Gasteiger partial charge in [0.1, 0.15) is 12.4 Å². The number of carbonyl (C=O) groups is 1. The lowest BCUT2D eigenvalue weighted by Gasteiger charge is -2.02. The zero-order valence-corrected chi connectivity index (χ0v) is 10.9. The molecule has 0 atom stereocenters. The molecule has 0 aliphatic rings. The number of carbonyl (C=O) groups excluding carboxylic acids is 1. The molecule has 0 spiro atoms.